The van der Waals surface area contributed by atoms with Crippen LogP contribution in [0.4, 0.5) is 5.82 Å². The molecule has 3 rings (SSSR count). The molecule has 2 N–H and O–H groups in total. The van der Waals surface area contributed by atoms with Gasteiger partial charge in [-0.1, -0.05) is 13.0 Å². The van der Waals surface area contributed by atoms with Gasteiger partial charge < -0.3 is 15.3 Å². The van der Waals surface area contributed by atoms with Gasteiger partial charge in [0.2, 0.25) is 0 Å². The number of carboxylic acids is 1. The molecule has 0 atom stereocenters. The van der Waals surface area contributed by atoms with E-state index in [1.54, 1.807) is 24.4 Å². The molecule has 1 amide bonds. The van der Waals surface area contributed by atoms with Crippen LogP contribution in [-0.2, 0) is 0 Å². The van der Waals surface area contributed by atoms with Crippen LogP contribution in [0.1, 0.15) is 46.5 Å². The monoisotopic (exact) mass is 342 g/mol. The molecule has 0 saturated carbocycles. The molecule has 7 nitrogen and oxygen atoms in total. The Morgan fingerprint density at radius 1 is 1.24 bits per heavy atom. The Bertz CT molecular complexity index is 763. The van der Waals surface area contributed by atoms with Crippen LogP contribution in [0.3, 0.4) is 0 Å². The third-order valence-electron chi connectivity index (χ3n) is 4.63. The second-order valence-electron chi connectivity index (χ2n) is 6.17. The van der Waals surface area contributed by atoms with Crippen molar-refractivity contribution in [2.75, 3.05) is 25.0 Å². The predicted molar refractivity (Wildman–Crippen MR) is 94.0 cm³/mol. The lowest BCUT2D eigenvalue weighted by atomic mass is 10.1. The van der Waals surface area contributed by atoms with E-state index in [1.165, 1.54) is 12.1 Å². The van der Waals surface area contributed by atoms with Gasteiger partial charge in [-0.3, -0.25) is 4.79 Å². The van der Waals surface area contributed by atoms with Gasteiger partial charge in [0.25, 0.3) is 5.91 Å². The number of carbonyl (C=O) groups is 2. The smallest absolute Gasteiger partial charge is 0.335 e. The van der Waals surface area contributed by atoms with Crippen LogP contribution in [0.15, 0.2) is 36.5 Å². The molecule has 7 heteroatoms. The molecule has 132 valence electrons. The van der Waals surface area contributed by atoms with Crippen molar-refractivity contribution in [3.8, 4) is 0 Å². The highest BCUT2D eigenvalue weighted by atomic mass is 16.4. The molecule has 0 radical (unpaired) electrons. The summed E-state index contributed by atoms with van der Waals surface area (Å²) >= 11 is 0. The molecule has 1 aromatic heterocycles. The second-order valence-corrected chi connectivity index (χ2v) is 6.17. The number of carboxylic acid groups (broad SMARTS) is 1. The molecular weight excluding hydrogens is 320 g/mol. The van der Waals surface area contributed by atoms with Crippen molar-refractivity contribution in [1.82, 2.24) is 14.7 Å². The van der Waals surface area contributed by atoms with Crippen molar-refractivity contribution in [3.63, 3.8) is 0 Å². The van der Waals surface area contributed by atoms with Gasteiger partial charge >= 0.3 is 5.97 Å². The number of carbonyl (C=O) groups excluding carboxylic acids is 1. The van der Waals surface area contributed by atoms with Gasteiger partial charge in [-0.05, 0) is 37.6 Å². The largest absolute Gasteiger partial charge is 0.478 e. The molecule has 25 heavy (non-hydrogen) atoms. The number of rotatable bonds is 5. The maximum absolute atomic E-state index is 12.5. The summed E-state index contributed by atoms with van der Waals surface area (Å²) in [6.07, 6.45) is 3.66. The molecule has 0 spiro atoms. The Hall–Kier alpha value is -2.67. The standard InChI is InChI=1S/C18H22N4O3/c1-2-21-10-7-15(8-11-21)22-16(6-9-19-22)20-17(23)13-4-3-5-14(12-13)18(24)25/h3-6,9,12,15H,2,7-8,10-11H2,1H3,(H,20,23)(H,24,25). The number of hydrogen-bond acceptors (Lipinski definition) is 4. The minimum Gasteiger partial charge on any atom is -0.478 e. The van der Waals surface area contributed by atoms with E-state index in [0.29, 0.717) is 11.4 Å². The normalized spacial score (nSPS) is 15.9. The number of amides is 1. The predicted octanol–water partition coefficient (Wildman–Crippen LogP) is 2.49. The molecule has 1 aliphatic rings. The highest BCUT2D eigenvalue weighted by molar-refractivity contribution is 6.05. The minimum atomic E-state index is -1.05. The van der Waals surface area contributed by atoms with Crippen molar-refractivity contribution in [1.29, 1.82) is 0 Å². The summed E-state index contributed by atoms with van der Waals surface area (Å²) in [5.41, 5.74) is 0.404. The molecule has 1 aliphatic heterocycles. The zero-order chi connectivity index (χ0) is 17.8. The Balaban J connectivity index is 1.72. The Labute approximate surface area is 146 Å². The highest BCUT2D eigenvalue weighted by Crippen LogP contribution is 2.25. The summed E-state index contributed by atoms with van der Waals surface area (Å²) in [6, 6.07) is 8.03. The van der Waals surface area contributed by atoms with Crippen LogP contribution in [0, 0.1) is 0 Å². The first kappa shape index (κ1) is 17.2. The summed E-state index contributed by atoms with van der Waals surface area (Å²) in [5.74, 6) is -0.751. The number of hydrogen-bond donors (Lipinski definition) is 2. The van der Waals surface area contributed by atoms with Crippen molar-refractivity contribution < 1.29 is 14.7 Å². The number of piperidine rings is 1. The summed E-state index contributed by atoms with van der Waals surface area (Å²) in [6.45, 7) is 5.25. The van der Waals surface area contributed by atoms with E-state index in [4.69, 9.17) is 5.11 Å². The molecular formula is C18H22N4O3. The number of nitrogens with zero attached hydrogens (tertiary/aromatic N) is 3. The van der Waals surface area contributed by atoms with E-state index >= 15 is 0 Å². The molecule has 0 bridgehead atoms. The lowest BCUT2D eigenvalue weighted by molar-refractivity contribution is 0.0697. The molecule has 1 saturated heterocycles. The van der Waals surface area contributed by atoms with Crippen molar-refractivity contribution in [2.45, 2.75) is 25.8 Å². The Morgan fingerprint density at radius 2 is 1.96 bits per heavy atom. The van der Waals surface area contributed by atoms with Crippen LogP contribution in [0.25, 0.3) is 0 Å². The summed E-state index contributed by atoms with van der Waals surface area (Å²) in [4.78, 5) is 25.9. The number of aromatic carboxylic acids is 1. The average molecular weight is 342 g/mol. The lowest BCUT2D eigenvalue weighted by Crippen LogP contribution is -2.35. The van der Waals surface area contributed by atoms with Gasteiger partial charge in [-0.15, -0.1) is 0 Å². The fraction of sp³-hybridized carbons (Fsp3) is 0.389. The Morgan fingerprint density at radius 3 is 2.64 bits per heavy atom. The van der Waals surface area contributed by atoms with Crippen molar-refractivity contribution in [3.05, 3.63) is 47.7 Å². The minimum absolute atomic E-state index is 0.0908. The maximum Gasteiger partial charge on any atom is 0.335 e. The van der Waals surface area contributed by atoms with Crippen LogP contribution in [0.2, 0.25) is 0 Å². The van der Waals surface area contributed by atoms with Crippen LogP contribution in [0.5, 0.6) is 0 Å². The van der Waals surface area contributed by atoms with E-state index in [-0.39, 0.29) is 17.5 Å². The zero-order valence-corrected chi connectivity index (χ0v) is 14.2. The average Bonchev–Trinajstić information content (AvgIpc) is 3.10. The summed E-state index contributed by atoms with van der Waals surface area (Å²) in [7, 11) is 0. The third kappa shape index (κ3) is 3.88. The van der Waals surface area contributed by atoms with Gasteiger partial charge in [0.1, 0.15) is 5.82 Å². The van der Waals surface area contributed by atoms with Gasteiger partial charge in [0.15, 0.2) is 0 Å². The van der Waals surface area contributed by atoms with Crippen LogP contribution in [-0.4, -0.2) is 51.3 Å². The van der Waals surface area contributed by atoms with Gasteiger partial charge in [-0.25, -0.2) is 9.48 Å². The van der Waals surface area contributed by atoms with Gasteiger partial charge in [-0.2, -0.15) is 5.10 Å². The van der Waals surface area contributed by atoms with Crippen molar-refractivity contribution >= 4 is 17.7 Å². The van der Waals surface area contributed by atoms with Gasteiger partial charge in [0.05, 0.1) is 17.8 Å². The van der Waals surface area contributed by atoms with Crippen molar-refractivity contribution in [2.24, 2.45) is 0 Å². The van der Waals surface area contributed by atoms with E-state index < -0.39 is 5.97 Å². The first-order valence-corrected chi connectivity index (χ1v) is 8.49. The number of benzene rings is 1. The SMILES string of the molecule is CCN1CCC(n2nccc2NC(=O)c2cccc(C(=O)O)c2)CC1. The maximum atomic E-state index is 12.5. The Kier molecular flexibility index (Phi) is 5.14. The fourth-order valence-electron chi connectivity index (χ4n) is 3.17. The first-order chi connectivity index (χ1) is 12.1. The van der Waals surface area contributed by atoms with E-state index in [0.717, 1.165) is 32.5 Å². The summed E-state index contributed by atoms with van der Waals surface area (Å²) in [5, 5.41) is 16.3. The third-order valence-corrected chi connectivity index (χ3v) is 4.63. The molecule has 0 unspecified atom stereocenters. The molecule has 1 fully saturated rings. The van der Waals surface area contributed by atoms with Gasteiger partial charge in [0, 0.05) is 24.7 Å². The topological polar surface area (TPSA) is 87.5 Å². The molecule has 1 aromatic carbocycles. The quantitative estimate of drug-likeness (QED) is 0.872. The molecule has 0 aliphatic carbocycles. The van der Waals surface area contributed by atoms with E-state index in [1.807, 2.05) is 4.68 Å². The number of anilines is 1. The zero-order valence-electron chi connectivity index (χ0n) is 14.2. The van der Waals surface area contributed by atoms with Crippen LogP contribution >= 0.6 is 0 Å². The number of aromatic nitrogens is 2. The lowest BCUT2D eigenvalue weighted by Gasteiger charge is -2.31. The highest BCUT2D eigenvalue weighted by Gasteiger charge is 2.22. The number of nitrogens with one attached hydrogen (secondary N) is 1. The number of likely N-dealkylation sites (tertiary alicyclic amines) is 1. The van der Waals surface area contributed by atoms with Crippen LogP contribution < -0.4 is 5.32 Å². The molecule has 2 aromatic rings. The van der Waals surface area contributed by atoms with E-state index in [2.05, 4.69) is 22.2 Å². The second kappa shape index (κ2) is 7.48. The molecule has 2 heterocycles. The summed E-state index contributed by atoms with van der Waals surface area (Å²) < 4.78 is 1.87. The fourth-order valence-corrected chi connectivity index (χ4v) is 3.17. The first-order valence-electron chi connectivity index (χ1n) is 8.49. The van der Waals surface area contributed by atoms with E-state index in [9.17, 15) is 9.59 Å².